The summed E-state index contributed by atoms with van der Waals surface area (Å²) in [4.78, 5) is 2.05. The number of nitrogens with zero attached hydrogens (tertiary/aromatic N) is 1. The van der Waals surface area contributed by atoms with Gasteiger partial charge < -0.3 is 4.90 Å². The molecule has 0 amide bonds. The van der Waals surface area contributed by atoms with E-state index in [0.717, 1.165) is 5.69 Å². The van der Waals surface area contributed by atoms with Crippen molar-refractivity contribution in [2.45, 2.75) is 0 Å². The maximum absolute atomic E-state index is 5.30. The second-order valence-electron chi connectivity index (χ2n) is 3.97. The van der Waals surface area contributed by atoms with Gasteiger partial charge in [0.05, 0.1) is 6.67 Å². The summed E-state index contributed by atoms with van der Waals surface area (Å²) in [6.45, 7) is 0.630. The number of hydrogen-bond donors (Lipinski definition) is 2. The smallest absolute Gasteiger partial charge is 0.0805 e. The molecule has 17 heavy (non-hydrogen) atoms. The summed E-state index contributed by atoms with van der Waals surface area (Å²) in [5.41, 5.74) is 6.24. The first-order chi connectivity index (χ1) is 8.31. The van der Waals surface area contributed by atoms with Crippen molar-refractivity contribution in [3.8, 4) is 11.1 Å². The van der Waals surface area contributed by atoms with Crippen molar-refractivity contribution in [1.82, 2.24) is 5.43 Å². The molecule has 0 fully saturated rings. The van der Waals surface area contributed by atoms with Gasteiger partial charge in [-0.05, 0) is 23.3 Å². The predicted molar refractivity (Wildman–Crippen MR) is 72.5 cm³/mol. The van der Waals surface area contributed by atoms with Crippen LogP contribution < -0.4 is 16.2 Å². The predicted octanol–water partition coefficient (Wildman–Crippen LogP) is 2.21. The lowest BCUT2D eigenvalue weighted by atomic mass is 10.1. The van der Waals surface area contributed by atoms with E-state index in [-0.39, 0.29) is 0 Å². The maximum Gasteiger partial charge on any atom is 0.0805 e. The van der Waals surface area contributed by atoms with Gasteiger partial charge in [0.15, 0.2) is 0 Å². The molecule has 0 aliphatic carbocycles. The molecule has 0 heterocycles. The number of nitrogens with two attached hydrogens (primary N) is 1. The zero-order valence-corrected chi connectivity index (χ0v) is 9.93. The molecule has 2 rings (SSSR count). The van der Waals surface area contributed by atoms with Crippen LogP contribution in [0.25, 0.3) is 11.1 Å². The van der Waals surface area contributed by atoms with Crippen LogP contribution in [0.3, 0.4) is 0 Å². The fourth-order valence-corrected chi connectivity index (χ4v) is 1.77. The molecule has 2 aromatic carbocycles. The molecule has 3 heteroatoms. The molecule has 0 saturated heterocycles. The SMILES string of the molecule is CN(CNN)c1ccc(-c2ccccc2)cc1. The zero-order chi connectivity index (χ0) is 12.1. The van der Waals surface area contributed by atoms with Crippen LogP contribution in [0.2, 0.25) is 0 Å². The second kappa shape index (κ2) is 5.48. The number of hydrogen-bond acceptors (Lipinski definition) is 3. The highest BCUT2D eigenvalue weighted by atomic mass is 15.3. The van der Waals surface area contributed by atoms with Gasteiger partial charge in [0.2, 0.25) is 0 Å². The molecule has 0 aliphatic rings. The van der Waals surface area contributed by atoms with Gasteiger partial charge >= 0.3 is 0 Å². The molecule has 3 nitrogen and oxygen atoms in total. The normalized spacial score (nSPS) is 10.2. The summed E-state index contributed by atoms with van der Waals surface area (Å²) in [5, 5.41) is 0. The van der Waals surface area contributed by atoms with Crippen molar-refractivity contribution in [3.05, 3.63) is 54.6 Å². The number of anilines is 1. The fourth-order valence-electron chi connectivity index (χ4n) is 1.77. The highest BCUT2D eigenvalue weighted by Gasteiger charge is 2.00. The lowest BCUT2D eigenvalue weighted by Crippen LogP contribution is -2.35. The van der Waals surface area contributed by atoms with Crippen molar-refractivity contribution in [1.29, 1.82) is 0 Å². The minimum atomic E-state index is 0.630. The van der Waals surface area contributed by atoms with Crippen LogP contribution in [0, 0.1) is 0 Å². The molecule has 0 spiro atoms. The first kappa shape index (κ1) is 11.6. The Morgan fingerprint density at radius 3 is 2.12 bits per heavy atom. The fraction of sp³-hybridized carbons (Fsp3) is 0.143. The van der Waals surface area contributed by atoms with Crippen molar-refractivity contribution < 1.29 is 0 Å². The lowest BCUT2D eigenvalue weighted by Gasteiger charge is -2.18. The van der Waals surface area contributed by atoms with E-state index in [1.807, 2.05) is 25.2 Å². The molecule has 0 aliphatic heterocycles. The Labute approximate surface area is 102 Å². The average Bonchev–Trinajstić information content (AvgIpc) is 2.40. The molecular formula is C14H17N3. The molecule has 88 valence electrons. The molecule has 0 bridgehead atoms. The average molecular weight is 227 g/mol. The van der Waals surface area contributed by atoms with Gasteiger partial charge in [0.1, 0.15) is 0 Å². The minimum absolute atomic E-state index is 0.630. The van der Waals surface area contributed by atoms with Crippen LogP contribution in [0.15, 0.2) is 54.6 Å². The van der Waals surface area contributed by atoms with Crippen molar-refractivity contribution in [2.24, 2.45) is 5.84 Å². The number of hydrazine groups is 1. The molecule has 0 aromatic heterocycles. The Morgan fingerprint density at radius 2 is 1.53 bits per heavy atom. The van der Waals surface area contributed by atoms with Gasteiger partial charge in [-0.1, -0.05) is 42.5 Å². The van der Waals surface area contributed by atoms with Crippen LogP contribution in [-0.2, 0) is 0 Å². The van der Waals surface area contributed by atoms with E-state index < -0.39 is 0 Å². The first-order valence-electron chi connectivity index (χ1n) is 5.61. The Balaban J connectivity index is 2.19. The summed E-state index contributed by atoms with van der Waals surface area (Å²) in [6.07, 6.45) is 0. The highest BCUT2D eigenvalue weighted by Crippen LogP contribution is 2.22. The molecule has 0 atom stereocenters. The number of benzene rings is 2. The van der Waals surface area contributed by atoms with Crippen LogP contribution in [0.5, 0.6) is 0 Å². The number of nitrogens with one attached hydrogen (secondary N) is 1. The number of rotatable bonds is 4. The molecule has 0 radical (unpaired) electrons. The Kier molecular flexibility index (Phi) is 3.75. The van der Waals surface area contributed by atoms with E-state index in [2.05, 4.69) is 46.7 Å². The van der Waals surface area contributed by atoms with Gasteiger partial charge in [-0.15, -0.1) is 0 Å². The van der Waals surface area contributed by atoms with Gasteiger partial charge in [-0.25, -0.2) is 5.43 Å². The Bertz CT molecular complexity index is 451. The van der Waals surface area contributed by atoms with Crippen molar-refractivity contribution in [3.63, 3.8) is 0 Å². The summed E-state index contributed by atoms with van der Waals surface area (Å²) < 4.78 is 0. The lowest BCUT2D eigenvalue weighted by molar-refractivity contribution is 0.718. The molecular weight excluding hydrogens is 210 g/mol. The van der Waals surface area contributed by atoms with Gasteiger partial charge in [-0.3, -0.25) is 5.84 Å². The van der Waals surface area contributed by atoms with E-state index >= 15 is 0 Å². The largest absolute Gasteiger partial charge is 0.361 e. The van der Waals surface area contributed by atoms with E-state index in [0.29, 0.717) is 6.67 Å². The third-order valence-electron chi connectivity index (χ3n) is 2.74. The topological polar surface area (TPSA) is 41.3 Å². The van der Waals surface area contributed by atoms with Crippen LogP contribution >= 0.6 is 0 Å². The van der Waals surface area contributed by atoms with Crippen LogP contribution in [0.4, 0.5) is 5.69 Å². The molecule has 0 saturated carbocycles. The quantitative estimate of drug-likeness (QED) is 0.478. The van der Waals surface area contributed by atoms with Crippen LogP contribution in [-0.4, -0.2) is 13.7 Å². The second-order valence-corrected chi connectivity index (χ2v) is 3.97. The summed E-state index contributed by atoms with van der Waals surface area (Å²) in [7, 11) is 2.00. The molecule has 3 N–H and O–H groups in total. The van der Waals surface area contributed by atoms with Crippen LogP contribution in [0.1, 0.15) is 0 Å². The Hall–Kier alpha value is -1.84. The monoisotopic (exact) mass is 227 g/mol. The third kappa shape index (κ3) is 2.84. The van der Waals surface area contributed by atoms with Gasteiger partial charge in [0.25, 0.3) is 0 Å². The molecule has 2 aromatic rings. The van der Waals surface area contributed by atoms with E-state index in [1.165, 1.54) is 11.1 Å². The maximum atomic E-state index is 5.30. The summed E-state index contributed by atoms with van der Waals surface area (Å²) in [5.74, 6) is 5.30. The van der Waals surface area contributed by atoms with Crippen molar-refractivity contribution >= 4 is 5.69 Å². The first-order valence-corrected chi connectivity index (χ1v) is 5.61. The molecule has 0 unspecified atom stereocenters. The summed E-state index contributed by atoms with van der Waals surface area (Å²) in [6, 6.07) is 18.8. The van der Waals surface area contributed by atoms with Crippen molar-refractivity contribution in [2.75, 3.05) is 18.6 Å². The van der Waals surface area contributed by atoms with E-state index in [9.17, 15) is 0 Å². The highest BCUT2D eigenvalue weighted by molar-refractivity contribution is 5.66. The van der Waals surface area contributed by atoms with E-state index in [1.54, 1.807) is 0 Å². The minimum Gasteiger partial charge on any atom is -0.361 e. The standard InChI is InChI=1S/C14H17N3/c1-17(11-16-15)14-9-7-13(8-10-14)12-5-3-2-4-6-12/h2-10,16H,11,15H2,1H3. The third-order valence-corrected chi connectivity index (χ3v) is 2.74. The zero-order valence-electron chi connectivity index (χ0n) is 9.93. The summed E-state index contributed by atoms with van der Waals surface area (Å²) >= 11 is 0. The van der Waals surface area contributed by atoms with Gasteiger partial charge in [0, 0.05) is 12.7 Å². The van der Waals surface area contributed by atoms with Gasteiger partial charge in [-0.2, -0.15) is 0 Å². The Morgan fingerprint density at radius 1 is 0.941 bits per heavy atom. The van der Waals surface area contributed by atoms with E-state index in [4.69, 9.17) is 5.84 Å².